The molecule has 0 bridgehead atoms. The number of nitrogens with zero attached hydrogens (tertiary/aromatic N) is 4. The second-order valence-corrected chi connectivity index (χ2v) is 8.02. The summed E-state index contributed by atoms with van der Waals surface area (Å²) in [4.78, 5) is 16.5. The fourth-order valence-corrected chi connectivity index (χ4v) is 3.82. The molecule has 0 unspecified atom stereocenters. The number of amides is 1. The van der Waals surface area contributed by atoms with E-state index < -0.39 is 0 Å². The van der Waals surface area contributed by atoms with Gasteiger partial charge in [0.1, 0.15) is 5.82 Å². The SMILES string of the molecule is Cc1nn(CCC(=O)N2CCN(Cc3c(F)cccc3Cl)CC2)c(C)c1Br. The minimum atomic E-state index is -0.281. The monoisotopic (exact) mass is 456 g/mol. The molecule has 0 atom stereocenters. The van der Waals surface area contributed by atoms with Crippen molar-refractivity contribution in [2.45, 2.75) is 33.4 Å². The molecule has 1 aromatic heterocycles. The summed E-state index contributed by atoms with van der Waals surface area (Å²) in [6.07, 6.45) is 0.424. The van der Waals surface area contributed by atoms with Crippen LogP contribution in [0.2, 0.25) is 5.02 Å². The molecular formula is C19H23BrClFN4O. The molecule has 1 aromatic carbocycles. The van der Waals surface area contributed by atoms with Crippen LogP contribution in [0.25, 0.3) is 0 Å². The van der Waals surface area contributed by atoms with Crippen molar-refractivity contribution in [3.8, 4) is 0 Å². The molecule has 0 radical (unpaired) electrons. The molecule has 0 saturated carbocycles. The molecule has 2 heterocycles. The van der Waals surface area contributed by atoms with Crippen molar-refractivity contribution in [2.24, 2.45) is 0 Å². The highest BCUT2D eigenvalue weighted by Crippen LogP contribution is 2.22. The van der Waals surface area contributed by atoms with E-state index in [0.717, 1.165) is 15.9 Å². The number of piperazine rings is 1. The second-order valence-electron chi connectivity index (χ2n) is 6.82. The summed E-state index contributed by atoms with van der Waals surface area (Å²) in [6, 6.07) is 4.74. The molecule has 1 aliphatic rings. The quantitative estimate of drug-likeness (QED) is 0.686. The van der Waals surface area contributed by atoms with E-state index in [2.05, 4.69) is 25.9 Å². The van der Waals surface area contributed by atoms with Crippen LogP contribution in [0, 0.1) is 19.7 Å². The van der Waals surface area contributed by atoms with E-state index in [4.69, 9.17) is 11.6 Å². The van der Waals surface area contributed by atoms with Crippen LogP contribution in [0.15, 0.2) is 22.7 Å². The first-order valence-corrected chi connectivity index (χ1v) is 10.2. The lowest BCUT2D eigenvalue weighted by Gasteiger charge is -2.35. The van der Waals surface area contributed by atoms with Gasteiger partial charge in [0.2, 0.25) is 5.91 Å². The zero-order valence-electron chi connectivity index (χ0n) is 15.5. The van der Waals surface area contributed by atoms with E-state index >= 15 is 0 Å². The average Bonchev–Trinajstić information content (AvgIpc) is 2.90. The number of hydrogen-bond donors (Lipinski definition) is 0. The highest BCUT2D eigenvalue weighted by atomic mass is 79.9. The number of benzene rings is 1. The maximum absolute atomic E-state index is 13.9. The van der Waals surface area contributed by atoms with Crippen molar-refractivity contribution < 1.29 is 9.18 Å². The average molecular weight is 458 g/mol. The summed E-state index contributed by atoms with van der Waals surface area (Å²) >= 11 is 9.62. The Labute approximate surface area is 172 Å². The van der Waals surface area contributed by atoms with Crippen molar-refractivity contribution in [2.75, 3.05) is 26.2 Å². The van der Waals surface area contributed by atoms with Gasteiger partial charge in [-0.3, -0.25) is 14.4 Å². The van der Waals surface area contributed by atoms with Gasteiger partial charge in [-0.25, -0.2) is 4.39 Å². The molecule has 2 aromatic rings. The van der Waals surface area contributed by atoms with E-state index in [1.54, 1.807) is 12.1 Å². The lowest BCUT2D eigenvalue weighted by molar-refractivity contribution is -0.133. The molecule has 0 aliphatic carbocycles. The van der Waals surface area contributed by atoms with Crippen LogP contribution < -0.4 is 0 Å². The maximum atomic E-state index is 13.9. The summed E-state index contributed by atoms with van der Waals surface area (Å²) in [6.45, 7) is 7.67. The summed E-state index contributed by atoms with van der Waals surface area (Å²) in [5, 5.41) is 4.89. The highest BCUT2D eigenvalue weighted by molar-refractivity contribution is 9.10. The Morgan fingerprint density at radius 3 is 2.56 bits per heavy atom. The standard InChI is InChI=1S/C19H23BrClFN4O/c1-13-19(20)14(2)26(23-13)7-6-18(27)25-10-8-24(9-11-25)12-15-16(21)4-3-5-17(15)22/h3-5H,6-12H2,1-2H3. The Balaban J connectivity index is 1.50. The molecule has 146 valence electrons. The van der Waals surface area contributed by atoms with Crippen molar-refractivity contribution in [3.63, 3.8) is 0 Å². The minimum absolute atomic E-state index is 0.127. The number of carbonyl (C=O) groups excluding carboxylic acids is 1. The molecule has 1 amide bonds. The zero-order valence-corrected chi connectivity index (χ0v) is 17.9. The van der Waals surface area contributed by atoms with Crippen LogP contribution >= 0.6 is 27.5 Å². The fourth-order valence-electron chi connectivity index (χ4n) is 3.31. The Hall–Kier alpha value is -1.44. The zero-order chi connectivity index (χ0) is 19.6. The molecule has 1 fully saturated rings. The van der Waals surface area contributed by atoms with Crippen LogP contribution in [0.3, 0.4) is 0 Å². The Bertz CT molecular complexity index is 813. The number of carbonyl (C=O) groups is 1. The summed E-state index contributed by atoms with van der Waals surface area (Å²) < 4.78 is 16.8. The third-order valence-corrected chi connectivity index (χ3v) is 6.50. The highest BCUT2D eigenvalue weighted by Gasteiger charge is 2.22. The molecule has 1 aliphatic heterocycles. The van der Waals surface area contributed by atoms with Crippen LogP contribution in [0.5, 0.6) is 0 Å². The molecule has 27 heavy (non-hydrogen) atoms. The third kappa shape index (κ3) is 4.70. The van der Waals surface area contributed by atoms with E-state index in [-0.39, 0.29) is 11.7 Å². The van der Waals surface area contributed by atoms with E-state index in [9.17, 15) is 9.18 Å². The van der Waals surface area contributed by atoms with Gasteiger partial charge in [-0.05, 0) is 41.9 Å². The molecule has 1 saturated heterocycles. The van der Waals surface area contributed by atoms with Gasteiger partial charge in [-0.1, -0.05) is 17.7 Å². The van der Waals surface area contributed by atoms with Crippen molar-refractivity contribution in [1.82, 2.24) is 19.6 Å². The Kier molecular flexibility index (Phi) is 6.55. The van der Waals surface area contributed by atoms with Crippen molar-refractivity contribution in [1.29, 1.82) is 0 Å². The summed E-state index contributed by atoms with van der Waals surface area (Å²) in [5.41, 5.74) is 2.49. The van der Waals surface area contributed by atoms with Crippen LogP contribution in [0.1, 0.15) is 23.4 Å². The summed E-state index contributed by atoms with van der Waals surface area (Å²) in [5.74, 6) is -0.153. The molecule has 0 spiro atoms. The lowest BCUT2D eigenvalue weighted by Crippen LogP contribution is -2.48. The van der Waals surface area contributed by atoms with Gasteiger partial charge in [0.25, 0.3) is 0 Å². The summed E-state index contributed by atoms with van der Waals surface area (Å²) in [7, 11) is 0. The van der Waals surface area contributed by atoms with Gasteiger partial charge in [0, 0.05) is 55.4 Å². The fraction of sp³-hybridized carbons (Fsp3) is 0.474. The number of aromatic nitrogens is 2. The number of hydrogen-bond acceptors (Lipinski definition) is 3. The smallest absolute Gasteiger partial charge is 0.224 e. The van der Waals surface area contributed by atoms with E-state index in [1.165, 1.54) is 6.07 Å². The van der Waals surface area contributed by atoms with Gasteiger partial charge < -0.3 is 4.90 Å². The van der Waals surface area contributed by atoms with Gasteiger partial charge in [-0.15, -0.1) is 0 Å². The first kappa shape index (κ1) is 20.3. The third-order valence-electron chi connectivity index (χ3n) is 5.00. The normalized spacial score (nSPS) is 15.4. The number of halogens is 3. The minimum Gasteiger partial charge on any atom is -0.340 e. The number of rotatable bonds is 5. The van der Waals surface area contributed by atoms with Gasteiger partial charge in [0.15, 0.2) is 0 Å². The first-order valence-electron chi connectivity index (χ1n) is 8.99. The predicted molar refractivity (Wildman–Crippen MR) is 107 cm³/mol. The molecule has 5 nitrogen and oxygen atoms in total. The second kappa shape index (κ2) is 8.71. The van der Waals surface area contributed by atoms with Crippen LogP contribution in [0.4, 0.5) is 4.39 Å². The first-order chi connectivity index (χ1) is 12.9. The Morgan fingerprint density at radius 2 is 1.96 bits per heavy atom. The van der Waals surface area contributed by atoms with Crippen molar-refractivity contribution in [3.05, 3.63) is 50.5 Å². The van der Waals surface area contributed by atoms with Gasteiger partial charge >= 0.3 is 0 Å². The van der Waals surface area contributed by atoms with Crippen LogP contribution in [-0.4, -0.2) is 51.7 Å². The largest absolute Gasteiger partial charge is 0.340 e. The van der Waals surface area contributed by atoms with Crippen LogP contribution in [-0.2, 0) is 17.9 Å². The van der Waals surface area contributed by atoms with E-state index in [0.29, 0.717) is 56.3 Å². The van der Waals surface area contributed by atoms with Crippen molar-refractivity contribution >= 4 is 33.4 Å². The Morgan fingerprint density at radius 1 is 1.26 bits per heavy atom. The molecule has 0 N–H and O–H groups in total. The molecule has 3 rings (SSSR count). The van der Waals surface area contributed by atoms with Gasteiger partial charge in [0.05, 0.1) is 16.7 Å². The van der Waals surface area contributed by atoms with E-state index in [1.807, 2.05) is 23.4 Å². The number of aryl methyl sites for hydroxylation is 2. The van der Waals surface area contributed by atoms with Gasteiger partial charge in [-0.2, -0.15) is 5.10 Å². The maximum Gasteiger partial charge on any atom is 0.224 e. The molecular weight excluding hydrogens is 435 g/mol. The predicted octanol–water partition coefficient (Wildman–Crippen LogP) is 3.79. The molecule has 8 heteroatoms. The topological polar surface area (TPSA) is 41.4 Å². The lowest BCUT2D eigenvalue weighted by atomic mass is 10.1.